The van der Waals surface area contributed by atoms with Crippen molar-refractivity contribution in [1.82, 2.24) is 31.1 Å². The van der Waals surface area contributed by atoms with E-state index in [1.54, 1.807) is 0 Å². The number of hydrogen-bond acceptors (Lipinski definition) is 24. The molecular formula is C42H46N8O20S2. The van der Waals surface area contributed by atoms with E-state index in [1.807, 2.05) is 0 Å². The van der Waals surface area contributed by atoms with Gasteiger partial charge in [0.25, 0.3) is 23.6 Å². The number of amides is 6. The van der Waals surface area contributed by atoms with Crippen LogP contribution in [0.25, 0.3) is 0 Å². The van der Waals surface area contributed by atoms with Crippen LogP contribution < -0.4 is 21.3 Å². The quantitative estimate of drug-likeness (QED) is 0.0346. The van der Waals surface area contributed by atoms with Gasteiger partial charge in [-0.3, -0.25) is 49.2 Å². The predicted octanol–water partition coefficient (Wildman–Crippen LogP) is 0.285. The van der Waals surface area contributed by atoms with Crippen LogP contribution in [0.15, 0.2) is 78.5 Å². The third-order valence-electron chi connectivity index (χ3n) is 9.99. The van der Waals surface area contributed by atoms with Crippen LogP contribution in [-0.2, 0) is 76.5 Å². The van der Waals surface area contributed by atoms with Crippen molar-refractivity contribution < 1.29 is 94.9 Å². The summed E-state index contributed by atoms with van der Waals surface area (Å²) in [5.74, 6) is -7.02. The molecule has 0 aromatic carbocycles. The number of rotatable bonds is 20. The first-order valence-electron chi connectivity index (χ1n) is 21.2. The van der Waals surface area contributed by atoms with Gasteiger partial charge in [0.1, 0.15) is 61.7 Å². The number of furan rings is 2. The van der Waals surface area contributed by atoms with E-state index in [0.717, 1.165) is 47.2 Å². The first kappa shape index (κ1) is 53.3. The molecule has 28 nitrogen and oxygen atoms in total. The molecule has 0 spiro atoms. The number of nitrogens with zero attached hydrogens (tertiary/aromatic N) is 4. The Morgan fingerprint density at radius 2 is 1.07 bits per heavy atom. The lowest BCUT2D eigenvalue weighted by Crippen LogP contribution is -2.71. The van der Waals surface area contributed by atoms with Gasteiger partial charge in [-0.1, -0.05) is 10.3 Å². The summed E-state index contributed by atoms with van der Waals surface area (Å²) in [6.45, 7) is 4.85. The van der Waals surface area contributed by atoms with Crippen LogP contribution in [0.3, 0.4) is 0 Å². The summed E-state index contributed by atoms with van der Waals surface area (Å²) in [5, 5.41) is 15.3. The summed E-state index contributed by atoms with van der Waals surface area (Å²) in [6, 6.07) is 3.52. The van der Waals surface area contributed by atoms with Gasteiger partial charge in [-0.15, -0.1) is 23.5 Å². The highest BCUT2D eigenvalue weighted by molar-refractivity contribution is 8.00. The zero-order valence-electron chi connectivity index (χ0n) is 39.1. The summed E-state index contributed by atoms with van der Waals surface area (Å²) in [6.07, 6.45) is -3.64. The molecule has 2 saturated heterocycles. The number of alkyl carbamates (subject to hydrolysis) is 2. The first-order valence-corrected chi connectivity index (χ1v) is 23.3. The van der Waals surface area contributed by atoms with Gasteiger partial charge in [0.15, 0.2) is 24.0 Å². The molecule has 4 aliphatic heterocycles. The summed E-state index contributed by atoms with van der Waals surface area (Å²) in [5.41, 5.74) is -1.18. The van der Waals surface area contributed by atoms with Crippen LogP contribution in [0, 0.1) is 0 Å². The highest BCUT2D eigenvalue weighted by atomic mass is 32.2. The van der Waals surface area contributed by atoms with Crippen LogP contribution in [0.5, 0.6) is 0 Å². The van der Waals surface area contributed by atoms with Crippen molar-refractivity contribution in [3.8, 4) is 0 Å². The molecule has 6 heterocycles. The standard InChI is InChI=1S/C42H46N8O20S2/c1-18(67-20(3)51)43-41(59)65-14-23-16-71-37-29(45-33(53)27(47-61-6)25-10-8-12-63-25)35(55)49(37)31(23)39(57)68-19(2)44-42(60)66-15-24-17-72-38-30(46-34(54)28(48-62-7)26-11-9-13-64-26)36(56)50(38)32(24)40(58)70-22(5)69-21(4)52/h8-13,18-19,22,29-30,37-38H,14-17H2,1-7H3,(H,43,59)(H,44,60)(H,45,53)(H,46,54)/b47-27-,48-28-. The van der Waals surface area contributed by atoms with Gasteiger partial charge in [0, 0.05) is 43.4 Å². The van der Waals surface area contributed by atoms with Crippen molar-refractivity contribution >= 4 is 94.6 Å². The summed E-state index contributed by atoms with van der Waals surface area (Å²) >= 11 is 2.19. The predicted molar refractivity (Wildman–Crippen MR) is 242 cm³/mol. The zero-order chi connectivity index (χ0) is 52.4. The van der Waals surface area contributed by atoms with Gasteiger partial charge >= 0.3 is 36.1 Å². The average Bonchev–Trinajstić information content (AvgIpc) is 4.06. The fourth-order valence-corrected chi connectivity index (χ4v) is 9.75. The molecule has 386 valence electrons. The van der Waals surface area contributed by atoms with E-state index in [0.29, 0.717) is 0 Å². The fourth-order valence-electron chi connectivity index (χ4n) is 7.10. The normalized spacial score (nSPS) is 20.7. The van der Waals surface area contributed by atoms with E-state index < -0.39 is 114 Å². The molecule has 2 fully saturated rings. The molecule has 30 heteroatoms. The van der Waals surface area contributed by atoms with Gasteiger partial charge in [-0.05, 0) is 38.1 Å². The molecule has 72 heavy (non-hydrogen) atoms. The molecule has 2 aromatic rings. The van der Waals surface area contributed by atoms with Crippen LogP contribution in [0.2, 0.25) is 0 Å². The Morgan fingerprint density at radius 1 is 0.653 bits per heavy atom. The van der Waals surface area contributed by atoms with Crippen molar-refractivity contribution in [2.45, 2.75) is 76.2 Å². The number of esters is 4. The number of carbonyl (C=O) groups is 10. The van der Waals surface area contributed by atoms with Crippen molar-refractivity contribution in [2.24, 2.45) is 10.3 Å². The van der Waals surface area contributed by atoms with Gasteiger partial charge < -0.3 is 57.6 Å². The zero-order valence-corrected chi connectivity index (χ0v) is 40.7. The van der Waals surface area contributed by atoms with Gasteiger partial charge in [-0.2, -0.15) is 0 Å². The van der Waals surface area contributed by atoms with Crippen LogP contribution in [0.1, 0.15) is 46.1 Å². The molecule has 0 saturated carbocycles. The molecule has 4 N–H and O–H groups in total. The van der Waals surface area contributed by atoms with E-state index in [2.05, 4.69) is 31.6 Å². The Morgan fingerprint density at radius 3 is 1.46 bits per heavy atom. The van der Waals surface area contributed by atoms with Crippen LogP contribution >= 0.6 is 23.5 Å². The second kappa shape index (κ2) is 23.7. The number of thioether (sulfide) groups is 2. The van der Waals surface area contributed by atoms with Crippen molar-refractivity contribution in [1.29, 1.82) is 0 Å². The molecular weight excluding hydrogens is 1000 g/mol. The molecule has 4 aliphatic rings. The molecule has 2 aromatic heterocycles. The minimum atomic E-state index is -1.49. The summed E-state index contributed by atoms with van der Waals surface area (Å²) in [4.78, 5) is 142. The number of hydrogen-bond donors (Lipinski definition) is 4. The smallest absolute Gasteiger partial charge is 0.410 e. The molecule has 6 rings (SSSR count). The Balaban J connectivity index is 1.14. The third-order valence-corrected chi connectivity index (χ3v) is 12.7. The molecule has 7 unspecified atom stereocenters. The minimum Gasteiger partial charge on any atom is -0.462 e. The average molecular weight is 1050 g/mol. The Bertz CT molecular complexity index is 2600. The molecule has 0 radical (unpaired) electrons. The van der Waals surface area contributed by atoms with Crippen molar-refractivity contribution in [3.63, 3.8) is 0 Å². The summed E-state index contributed by atoms with van der Waals surface area (Å²) in [7, 11) is 2.41. The first-order chi connectivity index (χ1) is 34.3. The third kappa shape index (κ3) is 12.5. The maximum absolute atomic E-state index is 14.0. The highest BCUT2D eigenvalue weighted by Gasteiger charge is 2.56. The fraction of sp³-hybridized carbons (Fsp3) is 0.429. The lowest BCUT2D eigenvalue weighted by atomic mass is 10.0. The maximum Gasteiger partial charge on any atom is 0.410 e. The van der Waals surface area contributed by atoms with Gasteiger partial charge in [0.05, 0.1) is 12.5 Å². The lowest BCUT2D eigenvalue weighted by molar-refractivity contribution is -0.182. The maximum atomic E-state index is 14.0. The highest BCUT2D eigenvalue weighted by Crippen LogP contribution is 2.42. The van der Waals surface area contributed by atoms with E-state index in [1.165, 1.54) is 71.8 Å². The number of carbonyl (C=O) groups excluding carboxylic acids is 10. The molecule has 7 atom stereocenters. The van der Waals surface area contributed by atoms with E-state index in [9.17, 15) is 47.9 Å². The van der Waals surface area contributed by atoms with E-state index in [-0.39, 0.29) is 57.0 Å². The summed E-state index contributed by atoms with van der Waals surface area (Å²) < 4.78 is 41.8. The van der Waals surface area contributed by atoms with Gasteiger partial charge in [-0.25, -0.2) is 19.2 Å². The monoisotopic (exact) mass is 1050 g/mol. The van der Waals surface area contributed by atoms with Crippen LogP contribution in [0.4, 0.5) is 9.59 Å². The Hall–Kier alpha value is -8.02. The SMILES string of the molecule is CO/N=C(\C(=O)NC1C(=O)N2C(C(=O)OC(C)NC(=O)OCC3=C(C(=O)OC(C)OC(C)=O)N4C(=O)C(NC(=O)/C(=N\OC)c5ccco5)C4SC3)=C(COC(=O)NC(C)OC(C)=O)CSC12)c1ccco1. The Labute approximate surface area is 415 Å². The number of nitrogens with one attached hydrogen (secondary N) is 4. The number of ether oxygens (including phenoxy) is 6. The topological polar surface area (TPSA) is 350 Å². The number of oxime groups is 2. The molecule has 6 amide bonds. The Kier molecular flexibility index (Phi) is 17.6. The van der Waals surface area contributed by atoms with Gasteiger partial charge in [0.2, 0.25) is 17.7 Å². The second-order valence-corrected chi connectivity index (χ2v) is 17.4. The van der Waals surface area contributed by atoms with Crippen molar-refractivity contribution in [3.05, 3.63) is 70.9 Å². The lowest BCUT2D eigenvalue weighted by Gasteiger charge is -2.49. The van der Waals surface area contributed by atoms with E-state index in [4.69, 9.17) is 46.9 Å². The van der Waals surface area contributed by atoms with Crippen molar-refractivity contribution in [2.75, 3.05) is 38.9 Å². The number of fused-ring (bicyclic) bond motifs is 2. The van der Waals surface area contributed by atoms with E-state index >= 15 is 0 Å². The largest absolute Gasteiger partial charge is 0.462 e. The van der Waals surface area contributed by atoms with Crippen LogP contribution in [-0.4, -0.2) is 161 Å². The molecule has 0 aliphatic carbocycles. The molecule has 0 bridgehead atoms. The second-order valence-electron chi connectivity index (χ2n) is 15.1. The number of β-lactam (4-membered cyclic amide) rings is 2. The minimum absolute atomic E-state index is 0.0359.